The number of morpholine rings is 1. The molecule has 5 nitrogen and oxygen atoms in total. The van der Waals surface area contributed by atoms with Crippen molar-refractivity contribution in [3.8, 4) is 0 Å². The SMILES string of the molecule is CN(CC(=O)O)CC1CN(Cc2ccc(Sc3ccccc3)cc2)CCO1. The topological polar surface area (TPSA) is 53.0 Å². The Morgan fingerprint density at radius 1 is 1.19 bits per heavy atom. The summed E-state index contributed by atoms with van der Waals surface area (Å²) < 4.78 is 5.80. The van der Waals surface area contributed by atoms with E-state index < -0.39 is 5.97 Å². The third-order valence-electron chi connectivity index (χ3n) is 4.45. The van der Waals surface area contributed by atoms with Gasteiger partial charge in [-0.2, -0.15) is 0 Å². The second-order valence-corrected chi connectivity index (χ2v) is 8.02. The van der Waals surface area contributed by atoms with Crippen LogP contribution in [0.1, 0.15) is 5.56 Å². The fourth-order valence-electron chi connectivity index (χ4n) is 3.22. The minimum atomic E-state index is -0.807. The summed E-state index contributed by atoms with van der Waals surface area (Å²) in [4.78, 5) is 17.5. The van der Waals surface area contributed by atoms with Gasteiger partial charge in [-0.25, -0.2) is 0 Å². The van der Waals surface area contributed by atoms with Crippen molar-refractivity contribution in [3.63, 3.8) is 0 Å². The van der Waals surface area contributed by atoms with Crippen LogP contribution in [-0.2, 0) is 16.1 Å². The molecule has 144 valence electrons. The van der Waals surface area contributed by atoms with Crippen LogP contribution >= 0.6 is 11.8 Å². The highest BCUT2D eigenvalue weighted by Crippen LogP contribution is 2.27. The van der Waals surface area contributed by atoms with Crippen LogP contribution in [-0.4, -0.2) is 66.8 Å². The van der Waals surface area contributed by atoms with Crippen LogP contribution in [0.15, 0.2) is 64.4 Å². The van der Waals surface area contributed by atoms with Crippen LogP contribution in [0.2, 0.25) is 0 Å². The zero-order valence-electron chi connectivity index (χ0n) is 15.6. The van der Waals surface area contributed by atoms with Crippen molar-refractivity contribution in [1.82, 2.24) is 9.80 Å². The van der Waals surface area contributed by atoms with E-state index in [1.807, 2.05) is 13.1 Å². The number of hydrogen-bond donors (Lipinski definition) is 1. The number of benzene rings is 2. The first-order valence-corrected chi connectivity index (χ1v) is 9.96. The molecule has 1 N–H and O–H groups in total. The average Bonchev–Trinajstić information content (AvgIpc) is 2.64. The Balaban J connectivity index is 1.50. The van der Waals surface area contributed by atoms with E-state index in [4.69, 9.17) is 9.84 Å². The summed E-state index contributed by atoms with van der Waals surface area (Å²) in [5, 5.41) is 8.88. The first-order valence-electron chi connectivity index (χ1n) is 9.14. The molecule has 1 saturated heterocycles. The first-order chi connectivity index (χ1) is 13.1. The van der Waals surface area contributed by atoms with Gasteiger partial charge in [-0.1, -0.05) is 42.1 Å². The Labute approximate surface area is 164 Å². The Morgan fingerprint density at radius 2 is 1.89 bits per heavy atom. The molecule has 1 heterocycles. The highest BCUT2D eigenvalue weighted by atomic mass is 32.2. The van der Waals surface area contributed by atoms with E-state index in [0.29, 0.717) is 13.2 Å². The molecule has 1 aliphatic heterocycles. The van der Waals surface area contributed by atoms with Crippen LogP contribution in [0.25, 0.3) is 0 Å². The number of carboxylic acid groups (broad SMARTS) is 1. The summed E-state index contributed by atoms with van der Waals surface area (Å²) >= 11 is 1.77. The van der Waals surface area contributed by atoms with Gasteiger partial charge >= 0.3 is 5.97 Å². The van der Waals surface area contributed by atoms with Crippen molar-refractivity contribution >= 4 is 17.7 Å². The fraction of sp³-hybridized carbons (Fsp3) is 0.381. The summed E-state index contributed by atoms with van der Waals surface area (Å²) in [5.74, 6) is -0.807. The molecule has 0 aliphatic carbocycles. The second kappa shape index (κ2) is 9.90. The van der Waals surface area contributed by atoms with Crippen molar-refractivity contribution in [2.45, 2.75) is 22.4 Å². The van der Waals surface area contributed by atoms with Gasteiger partial charge in [0.15, 0.2) is 0 Å². The fourth-order valence-corrected chi connectivity index (χ4v) is 4.06. The van der Waals surface area contributed by atoms with Crippen LogP contribution in [0.3, 0.4) is 0 Å². The molecule has 0 amide bonds. The molecular formula is C21H26N2O3S. The highest BCUT2D eigenvalue weighted by molar-refractivity contribution is 7.99. The molecule has 27 heavy (non-hydrogen) atoms. The predicted molar refractivity (Wildman–Crippen MR) is 107 cm³/mol. The molecule has 1 unspecified atom stereocenters. The summed E-state index contributed by atoms with van der Waals surface area (Å²) in [7, 11) is 1.82. The average molecular weight is 387 g/mol. The van der Waals surface area contributed by atoms with Crippen molar-refractivity contribution < 1.29 is 14.6 Å². The van der Waals surface area contributed by atoms with E-state index >= 15 is 0 Å². The van der Waals surface area contributed by atoms with Gasteiger partial charge in [0.1, 0.15) is 0 Å². The van der Waals surface area contributed by atoms with Gasteiger partial charge in [0.05, 0.1) is 19.3 Å². The molecule has 0 radical (unpaired) electrons. The lowest BCUT2D eigenvalue weighted by molar-refractivity contribution is -0.138. The minimum absolute atomic E-state index is 0.0421. The molecule has 6 heteroatoms. The lowest BCUT2D eigenvalue weighted by atomic mass is 10.2. The quantitative estimate of drug-likeness (QED) is 0.753. The monoisotopic (exact) mass is 386 g/mol. The van der Waals surface area contributed by atoms with Gasteiger partial charge in [0.25, 0.3) is 0 Å². The molecule has 2 aromatic carbocycles. The van der Waals surface area contributed by atoms with E-state index in [9.17, 15) is 4.79 Å². The van der Waals surface area contributed by atoms with Gasteiger partial charge in [-0.3, -0.25) is 14.6 Å². The minimum Gasteiger partial charge on any atom is -0.480 e. The van der Waals surface area contributed by atoms with Gasteiger partial charge in [-0.15, -0.1) is 0 Å². The van der Waals surface area contributed by atoms with E-state index in [-0.39, 0.29) is 12.6 Å². The third-order valence-corrected chi connectivity index (χ3v) is 5.47. The maximum Gasteiger partial charge on any atom is 0.317 e. The highest BCUT2D eigenvalue weighted by Gasteiger charge is 2.22. The van der Waals surface area contributed by atoms with Crippen LogP contribution in [0.4, 0.5) is 0 Å². The van der Waals surface area contributed by atoms with Crippen LogP contribution < -0.4 is 0 Å². The van der Waals surface area contributed by atoms with Crippen molar-refractivity contribution in [3.05, 3.63) is 60.2 Å². The van der Waals surface area contributed by atoms with Crippen molar-refractivity contribution in [2.75, 3.05) is 39.8 Å². The van der Waals surface area contributed by atoms with Gasteiger partial charge < -0.3 is 9.84 Å². The Morgan fingerprint density at radius 3 is 2.59 bits per heavy atom. The Kier molecular flexibility index (Phi) is 7.29. The zero-order chi connectivity index (χ0) is 19.1. The van der Waals surface area contributed by atoms with Gasteiger partial charge in [0.2, 0.25) is 0 Å². The Hall–Kier alpha value is -1.86. The number of likely N-dealkylation sites (N-methyl/N-ethyl adjacent to an activating group) is 1. The maximum absolute atomic E-state index is 10.8. The molecule has 0 spiro atoms. The number of ether oxygens (including phenoxy) is 1. The van der Waals surface area contributed by atoms with Crippen molar-refractivity contribution in [1.29, 1.82) is 0 Å². The number of carboxylic acids is 1. The summed E-state index contributed by atoms with van der Waals surface area (Å²) in [6.07, 6.45) is 0.0519. The smallest absolute Gasteiger partial charge is 0.317 e. The van der Waals surface area contributed by atoms with E-state index in [2.05, 4.69) is 53.4 Å². The van der Waals surface area contributed by atoms with Crippen LogP contribution in [0, 0.1) is 0 Å². The van der Waals surface area contributed by atoms with E-state index in [0.717, 1.165) is 19.6 Å². The second-order valence-electron chi connectivity index (χ2n) is 6.88. The lowest BCUT2D eigenvalue weighted by Gasteiger charge is -2.34. The summed E-state index contributed by atoms with van der Waals surface area (Å²) in [6, 6.07) is 19.1. The van der Waals surface area contributed by atoms with E-state index in [1.54, 1.807) is 16.7 Å². The normalized spacial score (nSPS) is 17.9. The largest absolute Gasteiger partial charge is 0.480 e. The Bertz CT molecular complexity index is 724. The third kappa shape index (κ3) is 6.66. The molecule has 0 aromatic heterocycles. The molecule has 1 aliphatic rings. The zero-order valence-corrected chi connectivity index (χ0v) is 16.4. The standard InChI is InChI=1S/C21H26N2O3S/c1-22(16-21(24)25)14-18-15-23(11-12-26-18)13-17-7-9-20(10-8-17)27-19-5-3-2-4-6-19/h2-10,18H,11-16H2,1H3,(H,24,25). The van der Waals surface area contributed by atoms with Gasteiger partial charge in [-0.05, 0) is 36.9 Å². The molecule has 0 saturated carbocycles. The molecule has 3 rings (SSSR count). The van der Waals surface area contributed by atoms with Gasteiger partial charge in [0, 0.05) is 36.0 Å². The molecule has 1 atom stereocenters. The lowest BCUT2D eigenvalue weighted by Crippen LogP contribution is -2.47. The molecule has 2 aromatic rings. The number of hydrogen-bond acceptors (Lipinski definition) is 5. The first kappa shape index (κ1) is 19.9. The number of aliphatic carboxylic acids is 1. The van der Waals surface area contributed by atoms with Crippen molar-refractivity contribution in [2.24, 2.45) is 0 Å². The number of rotatable bonds is 8. The number of carbonyl (C=O) groups is 1. The summed E-state index contributed by atoms with van der Waals surface area (Å²) in [5.41, 5.74) is 1.28. The summed E-state index contributed by atoms with van der Waals surface area (Å²) in [6.45, 7) is 3.98. The molecule has 1 fully saturated rings. The number of nitrogens with zero attached hydrogens (tertiary/aromatic N) is 2. The maximum atomic E-state index is 10.8. The predicted octanol–water partition coefficient (Wildman–Crippen LogP) is 3.06. The molecular weight excluding hydrogens is 360 g/mol. The molecule has 0 bridgehead atoms. The van der Waals surface area contributed by atoms with E-state index in [1.165, 1.54) is 15.4 Å². The van der Waals surface area contributed by atoms with Crippen LogP contribution in [0.5, 0.6) is 0 Å².